The first kappa shape index (κ1) is 16.0. The maximum absolute atomic E-state index is 12.6. The molecule has 1 unspecified atom stereocenters. The van der Waals surface area contributed by atoms with E-state index in [2.05, 4.69) is 15.9 Å². The molecule has 0 aliphatic rings. The Morgan fingerprint density at radius 1 is 1.47 bits per heavy atom. The molecule has 106 valence electrons. The van der Waals surface area contributed by atoms with Gasteiger partial charge in [-0.1, -0.05) is 0 Å². The van der Waals surface area contributed by atoms with Crippen molar-refractivity contribution in [3.8, 4) is 0 Å². The van der Waals surface area contributed by atoms with Crippen LogP contribution in [0.1, 0.15) is 22.8 Å². The van der Waals surface area contributed by atoms with Crippen LogP contribution in [-0.2, 0) is 6.18 Å². The van der Waals surface area contributed by atoms with Crippen LogP contribution in [0.2, 0.25) is 0 Å². The van der Waals surface area contributed by atoms with Gasteiger partial charge in [-0.3, -0.25) is 4.79 Å². The lowest BCUT2D eigenvalue weighted by atomic mass is 10.1. The van der Waals surface area contributed by atoms with E-state index in [1.807, 2.05) is 0 Å². The van der Waals surface area contributed by atoms with E-state index in [0.29, 0.717) is 0 Å². The van der Waals surface area contributed by atoms with Crippen molar-refractivity contribution in [2.75, 3.05) is 13.6 Å². The highest BCUT2D eigenvalue weighted by Crippen LogP contribution is 2.32. The normalized spacial score (nSPS) is 13.2. The highest BCUT2D eigenvalue weighted by Gasteiger charge is 2.32. The largest absolute Gasteiger partial charge is 0.416 e. The molecule has 0 aliphatic heterocycles. The third kappa shape index (κ3) is 4.21. The Hall–Kier alpha value is -1.08. The van der Waals surface area contributed by atoms with Crippen LogP contribution in [0.15, 0.2) is 22.7 Å². The van der Waals surface area contributed by atoms with E-state index in [1.54, 1.807) is 0 Å². The minimum atomic E-state index is -4.50. The molecule has 0 saturated heterocycles. The second-order valence-corrected chi connectivity index (χ2v) is 5.08. The number of carbonyl (C=O) groups is 1. The lowest BCUT2D eigenvalue weighted by Crippen LogP contribution is -2.33. The first-order valence-electron chi connectivity index (χ1n) is 5.43. The second kappa shape index (κ2) is 5.92. The highest BCUT2D eigenvalue weighted by molar-refractivity contribution is 9.10. The number of likely N-dealkylation sites (N-methyl/N-ethyl adjacent to an activating group) is 1. The number of nitrogens with zero attached hydrogens (tertiary/aromatic N) is 1. The van der Waals surface area contributed by atoms with E-state index in [0.717, 1.165) is 12.1 Å². The number of rotatable bonds is 3. The van der Waals surface area contributed by atoms with E-state index in [-0.39, 0.29) is 16.6 Å². The summed E-state index contributed by atoms with van der Waals surface area (Å²) in [6, 6.07) is 2.88. The minimum Gasteiger partial charge on any atom is -0.392 e. The molecule has 7 heteroatoms. The summed E-state index contributed by atoms with van der Waals surface area (Å²) in [5, 5.41) is 9.19. The fourth-order valence-electron chi connectivity index (χ4n) is 1.55. The number of aliphatic hydroxyl groups excluding tert-OH is 1. The number of alkyl halides is 3. The predicted octanol–water partition coefficient (Wildman–Crippen LogP) is 2.92. The maximum atomic E-state index is 12.6. The van der Waals surface area contributed by atoms with Gasteiger partial charge < -0.3 is 10.0 Å². The molecule has 0 aliphatic carbocycles. The molecule has 1 atom stereocenters. The Kier molecular flexibility index (Phi) is 4.98. The van der Waals surface area contributed by atoms with Crippen LogP contribution >= 0.6 is 15.9 Å². The third-order valence-corrected chi connectivity index (χ3v) is 3.10. The van der Waals surface area contributed by atoms with Crippen LogP contribution in [0.5, 0.6) is 0 Å². The van der Waals surface area contributed by atoms with Crippen LogP contribution in [0, 0.1) is 0 Å². The maximum Gasteiger partial charge on any atom is 0.416 e. The van der Waals surface area contributed by atoms with Gasteiger partial charge in [0.2, 0.25) is 0 Å². The summed E-state index contributed by atoms with van der Waals surface area (Å²) in [6.07, 6.45) is -5.25. The summed E-state index contributed by atoms with van der Waals surface area (Å²) in [6.45, 7) is 1.53. The molecule has 0 radical (unpaired) electrons. The molecule has 0 bridgehead atoms. The molecular weight excluding hydrogens is 327 g/mol. The summed E-state index contributed by atoms with van der Waals surface area (Å²) >= 11 is 3.05. The Labute approximate surface area is 117 Å². The Bertz CT molecular complexity index is 475. The molecule has 1 aromatic rings. The van der Waals surface area contributed by atoms with Crippen LogP contribution in [-0.4, -0.2) is 35.6 Å². The van der Waals surface area contributed by atoms with Crippen molar-refractivity contribution in [2.45, 2.75) is 19.2 Å². The molecule has 19 heavy (non-hydrogen) atoms. The van der Waals surface area contributed by atoms with E-state index in [4.69, 9.17) is 0 Å². The molecule has 1 rings (SSSR count). The molecule has 0 saturated carbocycles. The lowest BCUT2D eigenvalue weighted by Gasteiger charge is -2.20. The standard InChI is InChI=1S/C12H13BrF3NO2/c1-7(18)6-17(2)11(19)9-5-8(12(14,15)16)3-4-10(9)13/h3-5,7,18H,6H2,1-2H3. The minimum absolute atomic E-state index is 0.0432. The Morgan fingerprint density at radius 3 is 2.53 bits per heavy atom. The third-order valence-electron chi connectivity index (χ3n) is 2.41. The molecule has 0 spiro atoms. The van der Waals surface area contributed by atoms with Gasteiger partial charge in [0.15, 0.2) is 0 Å². The topological polar surface area (TPSA) is 40.5 Å². The van der Waals surface area contributed by atoms with Gasteiger partial charge in [-0.15, -0.1) is 0 Å². The van der Waals surface area contributed by atoms with Crippen molar-refractivity contribution in [1.82, 2.24) is 4.90 Å². The SMILES string of the molecule is CC(O)CN(C)C(=O)c1cc(C(F)(F)F)ccc1Br. The van der Waals surface area contributed by atoms with Crippen molar-refractivity contribution in [2.24, 2.45) is 0 Å². The van der Waals surface area contributed by atoms with Crippen molar-refractivity contribution in [3.63, 3.8) is 0 Å². The molecule has 1 amide bonds. The van der Waals surface area contributed by atoms with Crippen molar-refractivity contribution < 1.29 is 23.1 Å². The zero-order valence-corrected chi connectivity index (χ0v) is 11.9. The molecule has 0 heterocycles. The van der Waals surface area contributed by atoms with Gasteiger partial charge in [0.1, 0.15) is 0 Å². The number of benzene rings is 1. The number of hydrogen-bond donors (Lipinski definition) is 1. The summed E-state index contributed by atoms with van der Waals surface area (Å²) in [7, 11) is 1.42. The van der Waals surface area contributed by atoms with E-state index in [1.165, 1.54) is 24.9 Å². The number of carbonyl (C=O) groups excluding carboxylic acids is 1. The van der Waals surface area contributed by atoms with Crippen LogP contribution < -0.4 is 0 Å². The predicted molar refractivity (Wildman–Crippen MR) is 67.8 cm³/mol. The molecule has 0 aromatic heterocycles. The number of hydrogen-bond acceptors (Lipinski definition) is 2. The van der Waals surface area contributed by atoms with Crippen LogP contribution in [0.4, 0.5) is 13.2 Å². The quantitative estimate of drug-likeness (QED) is 0.919. The molecule has 3 nitrogen and oxygen atoms in total. The van der Waals surface area contributed by atoms with Crippen LogP contribution in [0.25, 0.3) is 0 Å². The fraction of sp³-hybridized carbons (Fsp3) is 0.417. The van der Waals surface area contributed by atoms with Crippen molar-refractivity contribution in [3.05, 3.63) is 33.8 Å². The molecule has 1 N–H and O–H groups in total. The van der Waals surface area contributed by atoms with Gasteiger partial charge in [-0.05, 0) is 41.1 Å². The Morgan fingerprint density at radius 2 is 2.05 bits per heavy atom. The molecular formula is C12H13BrF3NO2. The van der Waals surface area contributed by atoms with Gasteiger partial charge in [0, 0.05) is 18.1 Å². The average Bonchev–Trinajstić information content (AvgIpc) is 2.26. The number of aliphatic hydroxyl groups is 1. The van der Waals surface area contributed by atoms with E-state index < -0.39 is 23.8 Å². The molecule has 1 aromatic carbocycles. The first-order valence-corrected chi connectivity index (χ1v) is 6.22. The fourth-order valence-corrected chi connectivity index (χ4v) is 1.97. The average molecular weight is 340 g/mol. The number of amides is 1. The smallest absolute Gasteiger partial charge is 0.392 e. The van der Waals surface area contributed by atoms with Crippen molar-refractivity contribution in [1.29, 1.82) is 0 Å². The second-order valence-electron chi connectivity index (χ2n) is 4.23. The van der Waals surface area contributed by atoms with Gasteiger partial charge in [-0.2, -0.15) is 13.2 Å². The monoisotopic (exact) mass is 339 g/mol. The molecule has 0 fully saturated rings. The summed E-state index contributed by atoms with van der Waals surface area (Å²) in [5.41, 5.74) is -0.970. The van der Waals surface area contributed by atoms with E-state index >= 15 is 0 Å². The van der Waals surface area contributed by atoms with Crippen LogP contribution in [0.3, 0.4) is 0 Å². The number of halogens is 4. The van der Waals surface area contributed by atoms with Gasteiger partial charge in [0.25, 0.3) is 5.91 Å². The summed E-state index contributed by atoms with van der Waals surface area (Å²) in [4.78, 5) is 13.2. The zero-order chi connectivity index (χ0) is 14.8. The van der Waals surface area contributed by atoms with Crippen molar-refractivity contribution >= 4 is 21.8 Å². The highest BCUT2D eigenvalue weighted by atomic mass is 79.9. The lowest BCUT2D eigenvalue weighted by molar-refractivity contribution is -0.137. The van der Waals surface area contributed by atoms with E-state index in [9.17, 15) is 23.1 Å². The van der Waals surface area contributed by atoms with Gasteiger partial charge >= 0.3 is 6.18 Å². The summed E-state index contributed by atoms with van der Waals surface area (Å²) < 4.78 is 38.1. The first-order chi connectivity index (χ1) is 8.62. The summed E-state index contributed by atoms with van der Waals surface area (Å²) in [5.74, 6) is -0.584. The Balaban J connectivity index is 3.09. The van der Waals surface area contributed by atoms with Gasteiger partial charge in [0.05, 0.1) is 17.2 Å². The zero-order valence-electron chi connectivity index (χ0n) is 10.3. The van der Waals surface area contributed by atoms with Gasteiger partial charge in [-0.25, -0.2) is 0 Å².